The minimum Gasteiger partial charge on any atom is -0.361 e. The van der Waals surface area contributed by atoms with E-state index < -0.39 is 11.6 Å². The lowest BCUT2D eigenvalue weighted by Gasteiger charge is -2.23. The van der Waals surface area contributed by atoms with E-state index >= 15 is 0 Å². The minimum atomic E-state index is -0.857. The SMILES string of the molecule is COC(NC(CN)Cc1ccc(F)c(F)c1)c1ccc(-c2cn[nH]c2)s1. The van der Waals surface area contributed by atoms with Gasteiger partial charge >= 0.3 is 0 Å². The first-order valence-corrected chi connectivity index (χ1v) is 8.94. The molecule has 3 aromatic rings. The lowest BCUT2D eigenvalue weighted by molar-refractivity contribution is 0.0662. The molecular weight excluding hydrogens is 358 g/mol. The molecule has 0 aliphatic heterocycles. The van der Waals surface area contributed by atoms with Crippen LogP contribution < -0.4 is 11.1 Å². The van der Waals surface area contributed by atoms with Crippen LogP contribution in [-0.4, -0.2) is 29.9 Å². The number of benzene rings is 1. The standard InChI is InChI=1S/C18H20F2N4OS/c1-25-18(17-5-4-16(26-17)12-9-22-23-10-12)24-13(8-21)6-11-2-3-14(19)15(20)7-11/h2-5,7,9-10,13,18,24H,6,8,21H2,1H3,(H,22,23). The number of nitrogens with two attached hydrogens (primary N) is 1. The molecule has 8 heteroatoms. The van der Waals surface area contributed by atoms with E-state index in [-0.39, 0.29) is 12.3 Å². The fraction of sp³-hybridized carbons (Fsp3) is 0.278. The van der Waals surface area contributed by atoms with E-state index in [0.717, 1.165) is 21.4 Å². The number of ether oxygens (including phenoxy) is 1. The van der Waals surface area contributed by atoms with Crippen molar-refractivity contribution >= 4 is 11.3 Å². The number of aromatic amines is 1. The monoisotopic (exact) mass is 378 g/mol. The van der Waals surface area contributed by atoms with Gasteiger partial charge in [0.1, 0.15) is 6.23 Å². The molecule has 2 heterocycles. The van der Waals surface area contributed by atoms with E-state index in [1.165, 1.54) is 6.07 Å². The number of nitrogens with one attached hydrogen (secondary N) is 2. The summed E-state index contributed by atoms with van der Waals surface area (Å²) in [5.41, 5.74) is 7.54. The number of hydrogen-bond donors (Lipinski definition) is 3. The lowest BCUT2D eigenvalue weighted by atomic mass is 10.1. The molecule has 26 heavy (non-hydrogen) atoms. The van der Waals surface area contributed by atoms with Crippen molar-refractivity contribution in [3.63, 3.8) is 0 Å². The Morgan fingerprint density at radius 3 is 2.77 bits per heavy atom. The van der Waals surface area contributed by atoms with Gasteiger partial charge < -0.3 is 10.5 Å². The highest BCUT2D eigenvalue weighted by atomic mass is 32.1. The number of nitrogens with zero attached hydrogens (tertiary/aromatic N) is 1. The highest BCUT2D eigenvalue weighted by Gasteiger charge is 2.19. The van der Waals surface area contributed by atoms with Crippen LogP contribution in [0, 0.1) is 11.6 Å². The van der Waals surface area contributed by atoms with Gasteiger partial charge in [-0.25, -0.2) is 8.78 Å². The predicted molar refractivity (Wildman–Crippen MR) is 97.7 cm³/mol. The highest BCUT2D eigenvalue weighted by molar-refractivity contribution is 7.15. The summed E-state index contributed by atoms with van der Waals surface area (Å²) in [4.78, 5) is 2.06. The molecule has 0 aliphatic carbocycles. The Kier molecular flexibility index (Phi) is 6.10. The van der Waals surface area contributed by atoms with Gasteiger partial charge in [-0.1, -0.05) is 6.07 Å². The van der Waals surface area contributed by atoms with Gasteiger partial charge in [0.2, 0.25) is 0 Å². The zero-order valence-corrected chi connectivity index (χ0v) is 15.0. The van der Waals surface area contributed by atoms with E-state index in [4.69, 9.17) is 10.5 Å². The summed E-state index contributed by atoms with van der Waals surface area (Å²) in [6, 6.07) is 7.73. The van der Waals surface area contributed by atoms with Crippen LogP contribution in [0.4, 0.5) is 8.78 Å². The molecule has 0 fully saturated rings. The third-order valence-corrected chi connectivity index (χ3v) is 5.22. The molecular formula is C18H20F2N4OS. The molecule has 0 amide bonds. The van der Waals surface area contributed by atoms with Crippen LogP contribution in [0.25, 0.3) is 10.4 Å². The maximum atomic E-state index is 13.4. The van der Waals surface area contributed by atoms with Crippen LogP contribution in [-0.2, 0) is 11.2 Å². The van der Waals surface area contributed by atoms with Crippen molar-refractivity contribution in [2.75, 3.05) is 13.7 Å². The van der Waals surface area contributed by atoms with Crippen LogP contribution in [0.5, 0.6) is 0 Å². The quantitative estimate of drug-likeness (QED) is 0.526. The molecule has 4 N–H and O–H groups in total. The number of halogens is 2. The second kappa shape index (κ2) is 8.50. The molecule has 2 unspecified atom stereocenters. The molecule has 2 aromatic heterocycles. The van der Waals surface area contributed by atoms with Crippen LogP contribution in [0.15, 0.2) is 42.7 Å². The number of hydrogen-bond acceptors (Lipinski definition) is 5. The summed E-state index contributed by atoms with van der Waals surface area (Å²) in [5.74, 6) is -1.71. The third kappa shape index (κ3) is 4.34. The summed E-state index contributed by atoms with van der Waals surface area (Å²) < 4.78 is 32.1. The lowest BCUT2D eigenvalue weighted by Crippen LogP contribution is -2.40. The first-order chi connectivity index (χ1) is 12.6. The van der Waals surface area contributed by atoms with Gasteiger partial charge in [-0.3, -0.25) is 10.4 Å². The van der Waals surface area contributed by atoms with Crippen molar-refractivity contribution in [1.82, 2.24) is 15.5 Å². The Morgan fingerprint density at radius 1 is 1.27 bits per heavy atom. The molecule has 0 saturated heterocycles. The highest BCUT2D eigenvalue weighted by Crippen LogP contribution is 2.31. The van der Waals surface area contributed by atoms with Crippen LogP contribution in [0.2, 0.25) is 0 Å². The van der Waals surface area contributed by atoms with E-state index in [0.29, 0.717) is 18.5 Å². The van der Waals surface area contributed by atoms with Gasteiger partial charge in [0.25, 0.3) is 0 Å². The van der Waals surface area contributed by atoms with Crippen molar-refractivity contribution in [2.24, 2.45) is 5.73 Å². The van der Waals surface area contributed by atoms with Gasteiger partial charge in [-0.2, -0.15) is 5.10 Å². The fourth-order valence-electron chi connectivity index (χ4n) is 2.68. The maximum Gasteiger partial charge on any atom is 0.159 e. The Morgan fingerprint density at radius 2 is 2.12 bits per heavy atom. The van der Waals surface area contributed by atoms with E-state index in [2.05, 4.69) is 15.5 Å². The van der Waals surface area contributed by atoms with Crippen LogP contribution in [0.1, 0.15) is 16.7 Å². The molecule has 5 nitrogen and oxygen atoms in total. The Hall–Kier alpha value is -2.13. The summed E-state index contributed by atoms with van der Waals surface area (Å²) in [6.45, 7) is 0.332. The molecule has 0 saturated carbocycles. The summed E-state index contributed by atoms with van der Waals surface area (Å²) in [5, 5.41) is 10.1. The van der Waals surface area contributed by atoms with Gasteiger partial charge in [0, 0.05) is 41.2 Å². The Labute approximate surface area is 154 Å². The molecule has 2 atom stereocenters. The largest absolute Gasteiger partial charge is 0.361 e. The fourth-order valence-corrected chi connectivity index (χ4v) is 3.70. The third-order valence-electron chi connectivity index (χ3n) is 4.04. The van der Waals surface area contributed by atoms with Crippen LogP contribution in [0.3, 0.4) is 0 Å². The van der Waals surface area contributed by atoms with Gasteiger partial charge in [-0.15, -0.1) is 11.3 Å². The predicted octanol–water partition coefficient (Wildman–Crippen LogP) is 3.22. The molecule has 138 valence electrons. The van der Waals surface area contributed by atoms with Crippen LogP contribution >= 0.6 is 11.3 Å². The molecule has 0 radical (unpaired) electrons. The first kappa shape index (κ1) is 18.7. The van der Waals surface area contributed by atoms with Crippen molar-refractivity contribution in [2.45, 2.75) is 18.7 Å². The summed E-state index contributed by atoms with van der Waals surface area (Å²) in [7, 11) is 1.61. The van der Waals surface area contributed by atoms with Gasteiger partial charge in [0.05, 0.1) is 6.20 Å². The average Bonchev–Trinajstić information content (AvgIpc) is 3.33. The minimum absolute atomic E-state index is 0.149. The Bertz CT molecular complexity index is 838. The number of methoxy groups -OCH3 is 1. The first-order valence-electron chi connectivity index (χ1n) is 8.12. The second-order valence-corrected chi connectivity index (χ2v) is 6.97. The van der Waals surface area contributed by atoms with Crippen molar-refractivity contribution in [1.29, 1.82) is 0 Å². The molecule has 0 bridgehead atoms. The van der Waals surface area contributed by atoms with Crippen molar-refractivity contribution in [3.8, 4) is 10.4 Å². The smallest absolute Gasteiger partial charge is 0.159 e. The van der Waals surface area contributed by atoms with Gasteiger partial charge in [-0.05, 0) is 36.2 Å². The topological polar surface area (TPSA) is 76.0 Å². The van der Waals surface area contributed by atoms with Crippen molar-refractivity contribution in [3.05, 3.63) is 64.8 Å². The van der Waals surface area contributed by atoms with E-state index in [1.807, 2.05) is 18.3 Å². The molecule has 0 aliphatic rings. The molecule has 3 rings (SSSR count). The van der Waals surface area contributed by atoms with E-state index in [9.17, 15) is 8.78 Å². The number of aromatic nitrogens is 2. The van der Waals surface area contributed by atoms with E-state index in [1.54, 1.807) is 30.7 Å². The zero-order chi connectivity index (χ0) is 18.5. The summed E-state index contributed by atoms with van der Waals surface area (Å²) in [6.07, 6.45) is 3.71. The number of rotatable bonds is 8. The Balaban J connectivity index is 1.70. The maximum absolute atomic E-state index is 13.4. The normalized spacial score (nSPS) is 13.7. The second-order valence-electron chi connectivity index (χ2n) is 5.86. The average molecular weight is 378 g/mol. The molecule has 0 spiro atoms. The zero-order valence-electron chi connectivity index (χ0n) is 14.2. The number of thiophene rings is 1. The van der Waals surface area contributed by atoms with Crippen molar-refractivity contribution < 1.29 is 13.5 Å². The molecule has 1 aromatic carbocycles. The number of H-pyrrole nitrogens is 1. The summed E-state index contributed by atoms with van der Waals surface area (Å²) >= 11 is 1.59. The van der Waals surface area contributed by atoms with Gasteiger partial charge in [0.15, 0.2) is 11.6 Å².